The van der Waals surface area contributed by atoms with E-state index >= 15 is 0 Å². The van der Waals surface area contributed by atoms with Crippen LogP contribution in [0, 0.1) is 11.3 Å². The molecule has 0 saturated carbocycles. The third-order valence-corrected chi connectivity index (χ3v) is 1.50. The fourth-order valence-electron chi connectivity index (χ4n) is 0.941. The molecule has 66 valence electrons. The van der Waals surface area contributed by atoms with Gasteiger partial charge < -0.3 is 5.11 Å². The van der Waals surface area contributed by atoms with Crippen LogP contribution >= 0.6 is 0 Å². The highest BCUT2D eigenvalue weighted by molar-refractivity contribution is 5.85. The maximum absolute atomic E-state index is 11.1. The Kier molecular flexibility index (Phi) is 2.45. The van der Waals surface area contributed by atoms with Gasteiger partial charge in [0.15, 0.2) is 0 Å². The summed E-state index contributed by atoms with van der Waals surface area (Å²) in [6, 6.07) is 5.56. The van der Waals surface area contributed by atoms with Crippen molar-refractivity contribution in [3.8, 4) is 6.07 Å². The van der Waals surface area contributed by atoms with Gasteiger partial charge in [-0.3, -0.25) is 9.36 Å². The van der Waals surface area contributed by atoms with Gasteiger partial charge in [0.1, 0.15) is 12.2 Å². The van der Waals surface area contributed by atoms with E-state index in [1.807, 2.05) is 0 Å². The minimum absolute atomic E-state index is 0.172. The molecule has 0 aliphatic heterocycles. The van der Waals surface area contributed by atoms with Crippen molar-refractivity contribution in [1.82, 2.24) is 4.57 Å². The first-order chi connectivity index (χ1) is 6.16. The predicted octanol–water partition coefficient (Wildman–Crippen LogP) is 0.0701. The lowest BCUT2D eigenvalue weighted by atomic mass is 10.3. The Morgan fingerprint density at radius 3 is 2.85 bits per heavy atom. The first-order valence-corrected chi connectivity index (χ1v) is 3.47. The summed E-state index contributed by atoms with van der Waals surface area (Å²) in [5, 5.41) is 17.0. The van der Waals surface area contributed by atoms with Gasteiger partial charge in [0.05, 0.1) is 6.07 Å². The molecule has 1 heterocycles. The number of hydrogen-bond acceptors (Lipinski definition) is 3. The molecule has 1 rings (SSSR count). The molecule has 0 unspecified atom stereocenters. The third-order valence-electron chi connectivity index (χ3n) is 1.50. The first-order valence-electron chi connectivity index (χ1n) is 3.47. The van der Waals surface area contributed by atoms with E-state index in [1.165, 1.54) is 18.2 Å². The molecule has 0 radical (unpaired) electrons. The number of carbonyl (C=O) groups is 1. The number of carboxylic acids is 1. The lowest BCUT2D eigenvalue weighted by Gasteiger charge is -2.03. The van der Waals surface area contributed by atoms with Gasteiger partial charge >= 0.3 is 5.97 Å². The van der Waals surface area contributed by atoms with Crippen LogP contribution in [0.5, 0.6) is 0 Å². The number of nitriles is 1. The topological polar surface area (TPSA) is 83.1 Å². The molecule has 0 spiro atoms. The highest BCUT2D eigenvalue weighted by Gasteiger charge is 2.08. The summed E-state index contributed by atoms with van der Waals surface area (Å²) in [7, 11) is 0. The van der Waals surface area contributed by atoms with Crippen molar-refractivity contribution in [2.24, 2.45) is 0 Å². The van der Waals surface area contributed by atoms with Gasteiger partial charge in [-0.15, -0.1) is 0 Å². The fourth-order valence-corrected chi connectivity index (χ4v) is 0.941. The second kappa shape index (κ2) is 3.54. The van der Waals surface area contributed by atoms with Gasteiger partial charge in [0.25, 0.3) is 5.56 Å². The quantitative estimate of drug-likeness (QED) is 0.694. The summed E-state index contributed by atoms with van der Waals surface area (Å²) < 4.78 is 0.905. The Bertz CT molecular complexity index is 428. The van der Waals surface area contributed by atoms with Crippen molar-refractivity contribution in [2.75, 3.05) is 0 Å². The van der Waals surface area contributed by atoms with Crippen LogP contribution < -0.4 is 5.56 Å². The van der Waals surface area contributed by atoms with Crippen molar-refractivity contribution >= 4 is 5.97 Å². The van der Waals surface area contributed by atoms with Crippen molar-refractivity contribution in [3.63, 3.8) is 0 Å². The average molecular weight is 178 g/mol. The number of pyridine rings is 1. The van der Waals surface area contributed by atoms with Gasteiger partial charge in [-0.1, -0.05) is 6.07 Å². The maximum atomic E-state index is 11.1. The van der Waals surface area contributed by atoms with Crippen LogP contribution in [0.3, 0.4) is 0 Å². The van der Waals surface area contributed by atoms with Crippen molar-refractivity contribution < 1.29 is 9.90 Å². The second-order valence-corrected chi connectivity index (χ2v) is 2.30. The molecule has 1 aromatic rings. The van der Waals surface area contributed by atoms with E-state index in [4.69, 9.17) is 10.4 Å². The minimum atomic E-state index is -1.21. The monoisotopic (exact) mass is 178 g/mol. The van der Waals surface area contributed by atoms with Gasteiger partial charge in [0.2, 0.25) is 0 Å². The zero-order valence-corrected chi connectivity index (χ0v) is 6.60. The molecular weight excluding hydrogens is 172 g/mol. The molecule has 0 fully saturated rings. The number of rotatable bonds is 2. The van der Waals surface area contributed by atoms with Gasteiger partial charge in [-0.2, -0.15) is 5.26 Å². The summed E-state index contributed by atoms with van der Waals surface area (Å²) in [5.41, 5.74) is -0.657. The molecule has 0 amide bonds. The Balaban J connectivity index is 3.36. The van der Waals surface area contributed by atoms with Crippen LogP contribution in [-0.4, -0.2) is 15.6 Å². The van der Waals surface area contributed by atoms with Crippen LogP contribution in [-0.2, 0) is 6.54 Å². The van der Waals surface area contributed by atoms with Crippen LogP contribution in [0.2, 0.25) is 0 Å². The Morgan fingerprint density at radius 1 is 1.62 bits per heavy atom. The Hall–Kier alpha value is -2.09. The second-order valence-electron chi connectivity index (χ2n) is 2.30. The molecule has 0 aliphatic carbocycles. The molecule has 1 N–H and O–H groups in total. The minimum Gasteiger partial charge on any atom is -0.477 e. The zero-order chi connectivity index (χ0) is 9.84. The SMILES string of the molecule is N#CCn1c(C(=O)O)cccc1=O. The highest BCUT2D eigenvalue weighted by atomic mass is 16.4. The van der Waals surface area contributed by atoms with Crippen LogP contribution in [0.4, 0.5) is 0 Å². The molecule has 5 nitrogen and oxygen atoms in total. The standard InChI is InChI=1S/C8H6N2O3/c9-4-5-10-6(8(12)13)2-1-3-7(10)11/h1-3H,5H2,(H,12,13). The van der Waals surface area contributed by atoms with Gasteiger partial charge in [0, 0.05) is 6.07 Å². The summed E-state index contributed by atoms with van der Waals surface area (Å²) in [6.07, 6.45) is 0. The molecule has 13 heavy (non-hydrogen) atoms. The molecule has 5 heteroatoms. The van der Waals surface area contributed by atoms with Gasteiger partial charge in [-0.25, -0.2) is 4.79 Å². The normalized spacial score (nSPS) is 9.15. The van der Waals surface area contributed by atoms with E-state index in [-0.39, 0.29) is 12.2 Å². The van der Waals surface area contributed by atoms with Crippen molar-refractivity contribution in [2.45, 2.75) is 6.54 Å². The van der Waals surface area contributed by atoms with Crippen LogP contribution in [0.1, 0.15) is 10.5 Å². The van der Waals surface area contributed by atoms with E-state index in [2.05, 4.69) is 0 Å². The van der Waals surface area contributed by atoms with Gasteiger partial charge in [-0.05, 0) is 6.07 Å². The van der Waals surface area contributed by atoms with E-state index in [1.54, 1.807) is 6.07 Å². The lowest BCUT2D eigenvalue weighted by molar-refractivity contribution is 0.0684. The average Bonchev–Trinajstić information content (AvgIpc) is 2.08. The Morgan fingerprint density at radius 2 is 2.31 bits per heavy atom. The molecule has 0 aromatic carbocycles. The zero-order valence-electron chi connectivity index (χ0n) is 6.60. The first kappa shape index (κ1) is 9.00. The van der Waals surface area contributed by atoms with Crippen LogP contribution in [0.15, 0.2) is 23.0 Å². The molecular formula is C8H6N2O3. The summed E-state index contributed by atoms with van der Waals surface area (Å²) in [6.45, 7) is -0.249. The molecule has 1 aromatic heterocycles. The number of aromatic nitrogens is 1. The largest absolute Gasteiger partial charge is 0.477 e. The smallest absolute Gasteiger partial charge is 0.352 e. The predicted molar refractivity (Wildman–Crippen MR) is 43.3 cm³/mol. The van der Waals surface area contributed by atoms with Crippen LogP contribution in [0.25, 0.3) is 0 Å². The number of hydrogen-bond donors (Lipinski definition) is 1. The Labute approximate surface area is 73.5 Å². The molecule has 0 saturated heterocycles. The number of nitrogens with zero attached hydrogens (tertiary/aromatic N) is 2. The maximum Gasteiger partial charge on any atom is 0.352 e. The number of carboxylic acid groups (broad SMARTS) is 1. The van der Waals surface area contributed by atoms with Crippen molar-refractivity contribution in [1.29, 1.82) is 5.26 Å². The van der Waals surface area contributed by atoms with Crippen molar-refractivity contribution in [3.05, 3.63) is 34.2 Å². The number of aromatic carboxylic acids is 1. The summed E-state index contributed by atoms with van der Waals surface area (Å²) in [4.78, 5) is 21.7. The van der Waals surface area contributed by atoms with E-state index in [0.29, 0.717) is 0 Å². The molecule has 0 bridgehead atoms. The molecule has 0 atom stereocenters. The third kappa shape index (κ3) is 1.73. The van der Waals surface area contributed by atoms with E-state index in [9.17, 15) is 9.59 Å². The van der Waals surface area contributed by atoms with E-state index < -0.39 is 11.5 Å². The fraction of sp³-hybridized carbons (Fsp3) is 0.125. The summed E-state index contributed by atoms with van der Waals surface area (Å²) in [5.74, 6) is -1.21. The lowest BCUT2D eigenvalue weighted by Crippen LogP contribution is -2.24. The highest BCUT2D eigenvalue weighted by Crippen LogP contribution is 1.95. The molecule has 0 aliphatic rings. The van der Waals surface area contributed by atoms with E-state index in [0.717, 1.165) is 4.57 Å². The summed E-state index contributed by atoms with van der Waals surface area (Å²) >= 11 is 0.